The Morgan fingerprint density at radius 3 is 2.89 bits per heavy atom. The summed E-state index contributed by atoms with van der Waals surface area (Å²) < 4.78 is 2.06. The lowest BCUT2D eigenvalue weighted by atomic mass is 10.1. The standard InChI is InChI=1S/C14H16ClN3O/c1-2-3-13-17-6-7-18(13)9-11-5-4-10(14(16)19)8-12(11)15/h4-8H,2-3,9H2,1H3,(H2,16,19). The molecule has 0 unspecified atom stereocenters. The van der Waals surface area contributed by atoms with Gasteiger partial charge in [0.05, 0.1) is 6.54 Å². The molecule has 0 aliphatic carbocycles. The van der Waals surface area contributed by atoms with Gasteiger partial charge in [-0.1, -0.05) is 24.6 Å². The van der Waals surface area contributed by atoms with Gasteiger partial charge in [-0.25, -0.2) is 4.98 Å². The molecule has 0 fully saturated rings. The van der Waals surface area contributed by atoms with Crippen LogP contribution in [0.4, 0.5) is 0 Å². The van der Waals surface area contributed by atoms with Crippen molar-refractivity contribution in [2.24, 2.45) is 5.73 Å². The first kappa shape index (κ1) is 13.6. The van der Waals surface area contributed by atoms with Gasteiger partial charge in [-0.2, -0.15) is 0 Å². The van der Waals surface area contributed by atoms with E-state index in [-0.39, 0.29) is 0 Å². The lowest BCUT2D eigenvalue weighted by Crippen LogP contribution is -2.11. The molecule has 4 nitrogen and oxygen atoms in total. The first-order chi connectivity index (χ1) is 9.11. The highest BCUT2D eigenvalue weighted by Gasteiger charge is 2.08. The second-order valence-corrected chi connectivity index (χ2v) is 4.80. The number of carbonyl (C=O) groups excluding carboxylic acids is 1. The highest BCUT2D eigenvalue weighted by atomic mass is 35.5. The van der Waals surface area contributed by atoms with Crippen molar-refractivity contribution in [1.82, 2.24) is 9.55 Å². The van der Waals surface area contributed by atoms with Crippen molar-refractivity contribution in [3.8, 4) is 0 Å². The molecular weight excluding hydrogens is 262 g/mol. The summed E-state index contributed by atoms with van der Waals surface area (Å²) in [6.07, 6.45) is 5.70. The number of benzene rings is 1. The molecule has 5 heteroatoms. The monoisotopic (exact) mass is 277 g/mol. The van der Waals surface area contributed by atoms with E-state index in [0.29, 0.717) is 17.1 Å². The normalized spacial score (nSPS) is 10.6. The van der Waals surface area contributed by atoms with Crippen LogP contribution in [0.3, 0.4) is 0 Å². The van der Waals surface area contributed by atoms with Crippen molar-refractivity contribution in [3.63, 3.8) is 0 Å². The third-order valence-electron chi connectivity index (χ3n) is 2.95. The van der Waals surface area contributed by atoms with E-state index >= 15 is 0 Å². The van der Waals surface area contributed by atoms with Crippen molar-refractivity contribution in [3.05, 3.63) is 52.6 Å². The van der Waals surface area contributed by atoms with Gasteiger partial charge in [0.1, 0.15) is 5.82 Å². The highest BCUT2D eigenvalue weighted by molar-refractivity contribution is 6.31. The number of nitrogens with zero attached hydrogens (tertiary/aromatic N) is 2. The molecule has 100 valence electrons. The van der Waals surface area contributed by atoms with E-state index in [1.807, 2.05) is 12.3 Å². The summed E-state index contributed by atoms with van der Waals surface area (Å²) in [6.45, 7) is 2.76. The Morgan fingerprint density at radius 1 is 1.47 bits per heavy atom. The molecule has 0 saturated carbocycles. The Kier molecular flexibility index (Phi) is 4.22. The lowest BCUT2D eigenvalue weighted by molar-refractivity contribution is 0.100. The summed E-state index contributed by atoms with van der Waals surface area (Å²) in [5.41, 5.74) is 6.59. The van der Waals surface area contributed by atoms with Crippen molar-refractivity contribution < 1.29 is 4.79 Å². The zero-order valence-electron chi connectivity index (χ0n) is 10.8. The number of aromatic nitrogens is 2. The number of primary amides is 1. The maximum absolute atomic E-state index is 11.1. The van der Waals surface area contributed by atoms with Gasteiger partial charge in [-0.15, -0.1) is 0 Å². The van der Waals surface area contributed by atoms with E-state index in [1.54, 1.807) is 18.3 Å². The minimum absolute atomic E-state index is 0.424. The number of halogens is 1. The molecule has 0 atom stereocenters. The first-order valence-electron chi connectivity index (χ1n) is 6.20. The van der Waals surface area contributed by atoms with E-state index in [1.165, 1.54) is 0 Å². The van der Waals surface area contributed by atoms with Gasteiger partial charge in [0.25, 0.3) is 0 Å². The smallest absolute Gasteiger partial charge is 0.248 e. The maximum Gasteiger partial charge on any atom is 0.248 e. The second-order valence-electron chi connectivity index (χ2n) is 4.39. The van der Waals surface area contributed by atoms with Gasteiger partial charge in [0, 0.05) is 29.4 Å². The lowest BCUT2D eigenvalue weighted by Gasteiger charge is -2.09. The quantitative estimate of drug-likeness (QED) is 0.913. The summed E-state index contributed by atoms with van der Waals surface area (Å²) >= 11 is 6.18. The first-order valence-corrected chi connectivity index (χ1v) is 6.58. The fraction of sp³-hybridized carbons (Fsp3) is 0.286. The number of rotatable bonds is 5. The SMILES string of the molecule is CCCc1nccn1Cc1ccc(C(N)=O)cc1Cl. The maximum atomic E-state index is 11.1. The second kappa shape index (κ2) is 5.89. The largest absolute Gasteiger partial charge is 0.366 e. The van der Waals surface area contributed by atoms with Gasteiger partial charge in [-0.05, 0) is 24.1 Å². The van der Waals surface area contributed by atoms with Crippen LogP contribution in [-0.4, -0.2) is 15.5 Å². The number of imidazole rings is 1. The van der Waals surface area contributed by atoms with E-state index in [9.17, 15) is 4.79 Å². The number of hydrogen-bond acceptors (Lipinski definition) is 2. The van der Waals surface area contributed by atoms with Crippen molar-refractivity contribution in [1.29, 1.82) is 0 Å². The van der Waals surface area contributed by atoms with Crippen LogP contribution in [-0.2, 0) is 13.0 Å². The molecule has 1 aromatic heterocycles. The number of nitrogens with two attached hydrogens (primary N) is 1. The third kappa shape index (κ3) is 3.15. The molecular formula is C14H16ClN3O. The van der Waals surface area contributed by atoms with E-state index in [4.69, 9.17) is 17.3 Å². The average molecular weight is 278 g/mol. The van der Waals surface area contributed by atoms with Crippen LogP contribution in [0.1, 0.15) is 35.1 Å². The van der Waals surface area contributed by atoms with Crippen LogP contribution in [0.2, 0.25) is 5.02 Å². The van der Waals surface area contributed by atoms with Crippen molar-refractivity contribution >= 4 is 17.5 Å². The molecule has 0 bridgehead atoms. The Balaban J connectivity index is 2.23. The van der Waals surface area contributed by atoms with E-state index < -0.39 is 5.91 Å². The topological polar surface area (TPSA) is 60.9 Å². The Morgan fingerprint density at radius 2 is 2.26 bits per heavy atom. The molecule has 2 N–H and O–H groups in total. The summed E-state index contributed by atoms with van der Waals surface area (Å²) in [6, 6.07) is 5.13. The summed E-state index contributed by atoms with van der Waals surface area (Å²) in [7, 11) is 0. The van der Waals surface area contributed by atoms with Crippen LogP contribution in [0.25, 0.3) is 0 Å². The fourth-order valence-electron chi connectivity index (χ4n) is 1.95. The minimum atomic E-state index is -0.470. The molecule has 2 rings (SSSR count). The van der Waals surface area contributed by atoms with Crippen LogP contribution >= 0.6 is 11.6 Å². The van der Waals surface area contributed by atoms with Gasteiger partial charge in [0.15, 0.2) is 0 Å². The predicted octanol–water partition coefficient (Wildman–Crippen LogP) is 2.64. The van der Waals surface area contributed by atoms with Gasteiger partial charge >= 0.3 is 0 Å². The number of carbonyl (C=O) groups is 1. The number of aryl methyl sites for hydroxylation is 1. The molecule has 0 aliphatic rings. The Labute approximate surface area is 117 Å². The molecule has 0 aliphatic heterocycles. The summed E-state index contributed by atoms with van der Waals surface area (Å²) in [5, 5.41) is 0.549. The molecule has 0 radical (unpaired) electrons. The molecule has 0 spiro atoms. The van der Waals surface area contributed by atoms with Gasteiger partial charge in [0.2, 0.25) is 5.91 Å². The molecule has 2 aromatic rings. The van der Waals surface area contributed by atoms with Gasteiger partial charge < -0.3 is 10.3 Å². The van der Waals surface area contributed by atoms with Crippen molar-refractivity contribution in [2.75, 3.05) is 0 Å². The Bertz CT molecular complexity index is 592. The van der Waals surface area contributed by atoms with Crippen LogP contribution in [0, 0.1) is 0 Å². The average Bonchev–Trinajstić information content (AvgIpc) is 2.79. The van der Waals surface area contributed by atoms with E-state index in [2.05, 4.69) is 16.5 Å². The molecule has 0 saturated heterocycles. The van der Waals surface area contributed by atoms with Crippen molar-refractivity contribution in [2.45, 2.75) is 26.3 Å². The van der Waals surface area contributed by atoms with Crippen LogP contribution in [0.15, 0.2) is 30.6 Å². The number of hydrogen-bond donors (Lipinski definition) is 1. The fourth-order valence-corrected chi connectivity index (χ4v) is 2.19. The molecule has 1 amide bonds. The minimum Gasteiger partial charge on any atom is -0.366 e. The predicted molar refractivity (Wildman–Crippen MR) is 75.3 cm³/mol. The Hall–Kier alpha value is -1.81. The molecule has 19 heavy (non-hydrogen) atoms. The number of amides is 1. The summed E-state index contributed by atoms with van der Waals surface area (Å²) in [4.78, 5) is 15.4. The van der Waals surface area contributed by atoms with Gasteiger partial charge in [-0.3, -0.25) is 4.79 Å². The van der Waals surface area contributed by atoms with Crippen LogP contribution in [0.5, 0.6) is 0 Å². The highest BCUT2D eigenvalue weighted by Crippen LogP contribution is 2.19. The summed E-state index contributed by atoms with van der Waals surface area (Å²) in [5.74, 6) is 0.570. The molecule has 1 heterocycles. The zero-order chi connectivity index (χ0) is 13.8. The third-order valence-corrected chi connectivity index (χ3v) is 3.31. The molecule has 1 aromatic carbocycles. The van der Waals surface area contributed by atoms with E-state index in [0.717, 1.165) is 24.2 Å². The van der Waals surface area contributed by atoms with Crippen LogP contribution < -0.4 is 5.73 Å². The zero-order valence-corrected chi connectivity index (χ0v) is 11.5.